The number of hydrogen-bond acceptors (Lipinski definition) is 7. The first-order chi connectivity index (χ1) is 9.67. The Kier molecular flexibility index (Phi) is 3.45. The Morgan fingerprint density at radius 2 is 2.25 bits per heavy atom. The molecule has 0 fully saturated rings. The molecule has 0 bridgehead atoms. The number of ether oxygens (including phenoxy) is 1. The van der Waals surface area contributed by atoms with Gasteiger partial charge in [0.15, 0.2) is 5.69 Å². The van der Waals surface area contributed by atoms with Crippen LogP contribution < -0.4 is 5.32 Å². The van der Waals surface area contributed by atoms with Crippen LogP contribution in [0.5, 0.6) is 0 Å². The molecule has 20 heavy (non-hydrogen) atoms. The molecule has 0 saturated carbocycles. The van der Waals surface area contributed by atoms with Gasteiger partial charge in [-0.3, -0.25) is 0 Å². The van der Waals surface area contributed by atoms with Crippen molar-refractivity contribution in [3.63, 3.8) is 0 Å². The van der Waals surface area contributed by atoms with Gasteiger partial charge in [0.05, 0.1) is 19.2 Å². The summed E-state index contributed by atoms with van der Waals surface area (Å²) in [4.78, 5) is 25.1. The summed E-state index contributed by atoms with van der Waals surface area (Å²) in [7, 11) is 1.36. The van der Waals surface area contributed by atoms with Gasteiger partial charge in [-0.15, -0.1) is 11.3 Å². The molecule has 0 saturated heterocycles. The van der Waals surface area contributed by atoms with Crippen LogP contribution in [0, 0.1) is 6.92 Å². The highest BCUT2D eigenvalue weighted by atomic mass is 32.1. The second-order valence-corrected chi connectivity index (χ2v) is 5.51. The summed E-state index contributed by atoms with van der Waals surface area (Å²) in [5.41, 5.74) is 3.08. The number of rotatable bonds is 3. The largest absolute Gasteiger partial charge is 0.464 e. The van der Waals surface area contributed by atoms with E-state index in [-0.39, 0.29) is 0 Å². The number of hydrogen-bond donors (Lipinski definition) is 1. The zero-order valence-corrected chi connectivity index (χ0v) is 12.1. The molecule has 1 N–H and O–H groups in total. The lowest BCUT2D eigenvalue weighted by Gasteiger charge is -2.07. The van der Waals surface area contributed by atoms with Gasteiger partial charge in [0, 0.05) is 29.7 Å². The lowest BCUT2D eigenvalue weighted by Crippen LogP contribution is -2.13. The molecule has 0 radical (unpaired) electrons. The van der Waals surface area contributed by atoms with Crippen molar-refractivity contribution in [1.82, 2.24) is 20.3 Å². The molecule has 7 heteroatoms. The summed E-state index contributed by atoms with van der Waals surface area (Å²) in [5, 5.41) is 6.12. The maximum absolute atomic E-state index is 11.8. The quantitative estimate of drug-likeness (QED) is 0.857. The molecule has 104 valence electrons. The highest BCUT2D eigenvalue weighted by Gasteiger charge is 2.24. The van der Waals surface area contributed by atoms with Crippen LogP contribution in [0.15, 0.2) is 5.38 Å². The maximum atomic E-state index is 11.8. The van der Waals surface area contributed by atoms with Gasteiger partial charge in [-0.2, -0.15) is 0 Å². The Hall–Kier alpha value is -1.86. The molecule has 0 spiro atoms. The summed E-state index contributed by atoms with van der Waals surface area (Å²) in [5.74, 6) is 0.200. The highest BCUT2D eigenvalue weighted by Crippen LogP contribution is 2.20. The van der Waals surface area contributed by atoms with E-state index in [1.165, 1.54) is 7.11 Å². The minimum absolute atomic E-state index is 0.366. The lowest BCUT2D eigenvalue weighted by molar-refractivity contribution is 0.0592. The van der Waals surface area contributed by atoms with E-state index in [9.17, 15) is 4.79 Å². The third-order valence-corrected chi connectivity index (χ3v) is 4.05. The van der Waals surface area contributed by atoms with E-state index in [4.69, 9.17) is 4.74 Å². The van der Waals surface area contributed by atoms with Crippen molar-refractivity contribution in [3.8, 4) is 0 Å². The van der Waals surface area contributed by atoms with E-state index in [1.54, 1.807) is 11.3 Å². The molecule has 3 heterocycles. The van der Waals surface area contributed by atoms with E-state index in [2.05, 4.69) is 20.3 Å². The zero-order valence-electron chi connectivity index (χ0n) is 11.3. The number of carbonyl (C=O) groups excluding carboxylic acids is 1. The summed E-state index contributed by atoms with van der Waals surface area (Å²) in [6.45, 7) is 3.22. The van der Waals surface area contributed by atoms with Gasteiger partial charge in [-0.1, -0.05) is 0 Å². The van der Waals surface area contributed by atoms with Gasteiger partial charge in [-0.25, -0.2) is 19.7 Å². The number of aryl methyl sites for hydroxylation is 1. The van der Waals surface area contributed by atoms with Crippen molar-refractivity contribution in [1.29, 1.82) is 0 Å². The molecule has 2 aromatic heterocycles. The van der Waals surface area contributed by atoms with Crippen molar-refractivity contribution in [2.75, 3.05) is 7.11 Å². The predicted octanol–water partition coefficient (Wildman–Crippen LogP) is 1.22. The third-order valence-electron chi connectivity index (χ3n) is 3.09. The molecule has 2 aromatic rings. The Morgan fingerprint density at radius 1 is 1.40 bits per heavy atom. The summed E-state index contributed by atoms with van der Waals surface area (Å²) < 4.78 is 4.80. The molecular formula is C13H14N4O2S. The molecule has 0 atom stereocenters. The molecule has 6 nitrogen and oxygen atoms in total. The van der Waals surface area contributed by atoms with Crippen molar-refractivity contribution in [2.45, 2.75) is 26.4 Å². The van der Waals surface area contributed by atoms with Crippen LogP contribution in [0.3, 0.4) is 0 Å². The second-order valence-electron chi connectivity index (χ2n) is 4.57. The summed E-state index contributed by atoms with van der Waals surface area (Å²) in [6, 6.07) is 0. The van der Waals surface area contributed by atoms with Gasteiger partial charge in [0.1, 0.15) is 10.8 Å². The van der Waals surface area contributed by atoms with Gasteiger partial charge < -0.3 is 10.1 Å². The standard InChI is InChI=1S/C13H14N4O2S/c1-7-6-20-11(15-7)3-10-16-9-5-14-4-8(9)12(17-10)13(18)19-2/h6,14H,3-5H2,1-2H3. The van der Waals surface area contributed by atoms with Crippen molar-refractivity contribution >= 4 is 17.3 Å². The SMILES string of the molecule is COC(=O)c1nc(Cc2nc(C)cs2)nc2c1CNC2. The molecule has 3 rings (SSSR count). The molecule has 1 aliphatic heterocycles. The molecule has 1 aliphatic rings. The van der Waals surface area contributed by atoms with Crippen LogP contribution in [0.1, 0.15) is 38.3 Å². The van der Waals surface area contributed by atoms with Gasteiger partial charge in [0.25, 0.3) is 0 Å². The Morgan fingerprint density at radius 3 is 2.95 bits per heavy atom. The molecule has 0 aliphatic carbocycles. The second kappa shape index (κ2) is 5.26. The molecule has 0 amide bonds. The minimum Gasteiger partial charge on any atom is -0.464 e. The van der Waals surface area contributed by atoms with E-state index in [0.29, 0.717) is 31.0 Å². The predicted molar refractivity (Wildman–Crippen MR) is 73.6 cm³/mol. The van der Waals surface area contributed by atoms with Crippen molar-refractivity contribution in [3.05, 3.63) is 38.9 Å². The van der Waals surface area contributed by atoms with Crippen LogP contribution in [0.25, 0.3) is 0 Å². The van der Waals surface area contributed by atoms with Crippen molar-refractivity contribution in [2.24, 2.45) is 0 Å². The number of nitrogens with one attached hydrogen (secondary N) is 1. The number of esters is 1. The van der Waals surface area contributed by atoms with E-state index in [1.807, 2.05) is 12.3 Å². The average molecular weight is 290 g/mol. The zero-order chi connectivity index (χ0) is 14.1. The fourth-order valence-corrected chi connectivity index (χ4v) is 2.95. The molecule has 0 aromatic carbocycles. The fourth-order valence-electron chi connectivity index (χ4n) is 2.18. The first-order valence-corrected chi connectivity index (χ1v) is 7.14. The van der Waals surface area contributed by atoms with Gasteiger partial charge in [0.2, 0.25) is 0 Å². The van der Waals surface area contributed by atoms with E-state index < -0.39 is 5.97 Å². The summed E-state index contributed by atoms with van der Waals surface area (Å²) in [6.07, 6.45) is 0.537. The Labute approximate surface area is 120 Å². The van der Waals surface area contributed by atoms with Gasteiger partial charge >= 0.3 is 5.97 Å². The number of fused-ring (bicyclic) bond motifs is 1. The maximum Gasteiger partial charge on any atom is 0.357 e. The molecular weight excluding hydrogens is 276 g/mol. The smallest absolute Gasteiger partial charge is 0.357 e. The number of aromatic nitrogens is 3. The van der Waals surface area contributed by atoms with Crippen molar-refractivity contribution < 1.29 is 9.53 Å². The Bertz CT molecular complexity index is 668. The number of carbonyl (C=O) groups is 1. The number of nitrogens with zero attached hydrogens (tertiary/aromatic N) is 3. The first-order valence-electron chi connectivity index (χ1n) is 6.26. The average Bonchev–Trinajstić information content (AvgIpc) is 3.06. The lowest BCUT2D eigenvalue weighted by atomic mass is 10.2. The monoisotopic (exact) mass is 290 g/mol. The third kappa shape index (κ3) is 2.41. The fraction of sp³-hybridized carbons (Fsp3) is 0.385. The Balaban J connectivity index is 1.98. The minimum atomic E-state index is -0.413. The normalized spacial score (nSPS) is 13.3. The number of methoxy groups -OCH3 is 1. The number of thiazole rings is 1. The van der Waals surface area contributed by atoms with E-state index in [0.717, 1.165) is 22.0 Å². The van der Waals surface area contributed by atoms with Gasteiger partial charge in [-0.05, 0) is 6.92 Å². The van der Waals surface area contributed by atoms with Crippen LogP contribution in [-0.4, -0.2) is 28.0 Å². The van der Waals surface area contributed by atoms with Crippen LogP contribution >= 0.6 is 11.3 Å². The van der Waals surface area contributed by atoms with E-state index >= 15 is 0 Å². The highest BCUT2D eigenvalue weighted by molar-refractivity contribution is 7.09. The summed E-state index contributed by atoms with van der Waals surface area (Å²) >= 11 is 1.57. The molecule has 0 unspecified atom stereocenters. The first kappa shape index (κ1) is 13.1. The van der Waals surface area contributed by atoms with Crippen LogP contribution in [0.2, 0.25) is 0 Å². The van der Waals surface area contributed by atoms with Crippen LogP contribution in [-0.2, 0) is 24.2 Å². The van der Waals surface area contributed by atoms with Crippen LogP contribution in [0.4, 0.5) is 0 Å². The topological polar surface area (TPSA) is 77.0 Å².